The van der Waals surface area contributed by atoms with Gasteiger partial charge in [-0.25, -0.2) is 0 Å². The van der Waals surface area contributed by atoms with Crippen molar-refractivity contribution in [1.82, 2.24) is 0 Å². The van der Waals surface area contributed by atoms with E-state index in [9.17, 15) is 13.6 Å². The lowest BCUT2D eigenvalue weighted by Crippen LogP contribution is -2.06. The molecule has 1 amide bonds. The van der Waals surface area contributed by atoms with E-state index in [1.165, 1.54) is 18.2 Å². The van der Waals surface area contributed by atoms with Crippen molar-refractivity contribution >= 4 is 12.0 Å². The Hall–Kier alpha value is -2.11. The summed E-state index contributed by atoms with van der Waals surface area (Å²) in [5.74, 6) is 0.123. The van der Waals surface area contributed by atoms with Crippen LogP contribution in [0.5, 0.6) is 11.5 Å². The number of carbonyl (C=O) groups excluding carboxylic acids is 1. The average Bonchev–Trinajstić information content (AvgIpc) is 3.19. The maximum absolute atomic E-state index is 12.3. The van der Waals surface area contributed by atoms with E-state index in [4.69, 9.17) is 10.5 Å². The number of hydrogen-bond donors (Lipinski definition) is 1. The Bertz CT molecular complexity index is 513. The molecule has 6 heteroatoms. The van der Waals surface area contributed by atoms with Crippen LogP contribution in [0.3, 0.4) is 0 Å². The number of alkyl halides is 2. The number of primary amides is 1. The van der Waals surface area contributed by atoms with Crippen molar-refractivity contribution < 1.29 is 23.0 Å². The molecule has 0 atom stereocenters. The van der Waals surface area contributed by atoms with Crippen LogP contribution < -0.4 is 15.2 Å². The third-order valence-electron chi connectivity index (χ3n) is 2.80. The van der Waals surface area contributed by atoms with E-state index in [2.05, 4.69) is 4.74 Å². The zero-order valence-electron chi connectivity index (χ0n) is 10.7. The Balaban J connectivity index is 2.15. The van der Waals surface area contributed by atoms with Gasteiger partial charge < -0.3 is 15.2 Å². The van der Waals surface area contributed by atoms with Gasteiger partial charge in [0.15, 0.2) is 11.5 Å². The van der Waals surface area contributed by atoms with Crippen LogP contribution in [0.15, 0.2) is 24.3 Å². The summed E-state index contributed by atoms with van der Waals surface area (Å²) in [6.45, 7) is -2.44. The average molecular weight is 283 g/mol. The first-order chi connectivity index (χ1) is 9.54. The van der Waals surface area contributed by atoms with Crippen LogP contribution in [-0.4, -0.2) is 19.1 Å². The molecular weight excluding hydrogens is 268 g/mol. The Morgan fingerprint density at radius 1 is 1.40 bits per heavy atom. The van der Waals surface area contributed by atoms with Gasteiger partial charge in [0.05, 0.1) is 6.61 Å². The van der Waals surface area contributed by atoms with Gasteiger partial charge in [0, 0.05) is 6.08 Å². The number of nitrogens with two attached hydrogens (primary N) is 1. The van der Waals surface area contributed by atoms with Crippen molar-refractivity contribution in [2.45, 2.75) is 19.5 Å². The smallest absolute Gasteiger partial charge is 0.387 e. The lowest BCUT2D eigenvalue weighted by atomic mass is 10.2. The van der Waals surface area contributed by atoms with E-state index in [0.29, 0.717) is 18.1 Å². The number of ether oxygens (including phenoxy) is 2. The summed E-state index contributed by atoms with van der Waals surface area (Å²) < 4.78 is 34.5. The molecule has 1 saturated carbocycles. The van der Waals surface area contributed by atoms with Gasteiger partial charge in [0.1, 0.15) is 0 Å². The summed E-state index contributed by atoms with van der Waals surface area (Å²) in [6, 6.07) is 4.47. The zero-order chi connectivity index (χ0) is 14.5. The van der Waals surface area contributed by atoms with Crippen molar-refractivity contribution in [3.8, 4) is 11.5 Å². The van der Waals surface area contributed by atoms with E-state index in [1.54, 1.807) is 12.1 Å². The standard InChI is InChI=1S/C14H15F2NO3/c15-14(16)20-11-5-3-9(4-6-13(17)18)7-12(11)19-8-10-1-2-10/h3-7,10,14H,1-2,8H2,(H2,17,18). The molecule has 1 aliphatic carbocycles. The fraction of sp³-hybridized carbons (Fsp3) is 0.357. The summed E-state index contributed by atoms with van der Waals surface area (Å²) in [5.41, 5.74) is 5.62. The van der Waals surface area contributed by atoms with Crippen molar-refractivity contribution in [1.29, 1.82) is 0 Å². The highest BCUT2D eigenvalue weighted by molar-refractivity contribution is 5.90. The van der Waals surface area contributed by atoms with E-state index in [0.717, 1.165) is 12.8 Å². The van der Waals surface area contributed by atoms with Crippen LogP contribution in [0.1, 0.15) is 18.4 Å². The maximum atomic E-state index is 12.3. The lowest BCUT2D eigenvalue weighted by molar-refractivity contribution is -0.113. The van der Waals surface area contributed by atoms with Gasteiger partial charge in [-0.3, -0.25) is 4.79 Å². The quantitative estimate of drug-likeness (QED) is 0.782. The number of benzene rings is 1. The molecule has 0 bridgehead atoms. The largest absolute Gasteiger partial charge is 0.489 e. The van der Waals surface area contributed by atoms with E-state index < -0.39 is 12.5 Å². The number of halogens is 2. The molecule has 108 valence electrons. The second kappa shape index (κ2) is 6.36. The molecule has 1 aliphatic rings. The van der Waals surface area contributed by atoms with Gasteiger partial charge in [0.25, 0.3) is 0 Å². The van der Waals surface area contributed by atoms with Crippen LogP contribution in [0.25, 0.3) is 6.08 Å². The van der Waals surface area contributed by atoms with Gasteiger partial charge in [-0.1, -0.05) is 6.07 Å². The highest BCUT2D eigenvalue weighted by Gasteiger charge is 2.23. The molecule has 0 aliphatic heterocycles. The molecule has 2 rings (SSSR count). The van der Waals surface area contributed by atoms with Crippen molar-refractivity contribution in [3.05, 3.63) is 29.8 Å². The molecule has 0 heterocycles. The SMILES string of the molecule is NC(=O)C=Cc1ccc(OC(F)F)c(OCC2CC2)c1. The Morgan fingerprint density at radius 3 is 2.75 bits per heavy atom. The van der Waals surface area contributed by atoms with Crippen molar-refractivity contribution in [3.63, 3.8) is 0 Å². The van der Waals surface area contributed by atoms with Crippen LogP contribution in [0.4, 0.5) is 8.78 Å². The molecule has 0 saturated heterocycles. The van der Waals surface area contributed by atoms with Gasteiger partial charge >= 0.3 is 6.61 Å². The number of amides is 1. The Labute approximate surface area is 115 Å². The Morgan fingerprint density at radius 2 is 2.15 bits per heavy atom. The fourth-order valence-corrected chi connectivity index (χ4v) is 1.60. The molecule has 2 N–H and O–H groups in total. The van der Waals surface area contributed by atoms with Gasteiger partial charge in [-0.15, -0.1) is 0 Å². The van der Waals surface area contributed by atoms with Crippen molar-refractivity contribution in [2.24, 2.45) is 11.7 Å². The summed E-state index contributed by atoms with van der Waals surface area (Å²) >= 11 is 0. The first-order valence-corrected chi connectivity index (χ1v) is 6.24. The topological polar surface area (TPSA) is 61.6 Å². The number of hydrogen-bond acceptors (Lipinski definition) is 3. The zero-order valence-corrected chi connectivity index (χ0v) is 10.7. The third-order valence-corrected chi connectivity index (χ3v) is 2.80. The number of rotatable bonds is 7. The molecule has 20 heavy (non-hydrogen) atoms. The predicted octanol–water partition coefficient (Wildman–Crippen LogP) is 2.58. The summed E-state index contributed by atoms with van der Waals surface area (Å²) in [5, 5.41) is 0. The maximum Gasteiger partial charge on any atom is 0.387 e. The van der Waals surface area contributed by atoms with Gasteiger partial charge in [-0.05, 0) is 42.5 Å². The van der Waals surface area contributed by atoms with Gasteiger partial charge in [-0.2, -0.15) is 8.78 Å². The summed E-state index contributed by atoms with van der Waals surface area (Å²) in [6.07, 6.45) is 4.85. The van der Waals surface area contributed by atoms with E-state index in [1.807, 2.05) is 0 Å². The van der Waals surface area contributed by atoms with Crippen LogP contribution in [-0.2, 0) is 4.79 Å². The molecule has 1 fully saturated rings. The molecular formula is C14H15F2NO3. The van der Waals surface area contributed by atoms with Crippen molar-refractivity contribution in [2.75, 3.05) is 6.61 Å². The molecule has 0 spiro atoms. The fourth-order valence-electron chi connectivity index (χ4n) is 1.60. The molecule has 0 radical (unpaired) electrons. The lowest BCUT2D eigenvalue weighted by Gasteiger charge is -2.12. The molecule has 0 aromatic heterocycles. The van der Waals surface area contributed by atoms with Crippen LogP contribution >= 0.6 is 0 Å². The van der Waals surface area contributed by atoms with Crippen LogP contribution in [0, 0.1) is 5.92 Å². The van der Waals surface area contributed by atoms with Gasteiger partial charge in [0.2, 0.25) is 5.91 Å². The summed E-state index contributed by atoms with van der Waals surface area (Å²) in [4.78, 5) is 10.7. The first-order valence-electron chi connectivity index (χ1n) is 6.24. The minimum Gasteiger partial charge on any atom is -0.489 e. The monoisotopic (exact) mass is 283 g/mol. The minimum atomic E-state index is -2.91. The molecule has 0 unspecified atom stereocenters. The predicted molar refractivity (Wildman–Crippen MR) is 69.5 cm³/mol. The van der Waals surface area contributed by atoms with E-state index >= 15 is 0 Å². The third kappa shape index (κ3) is 4.53. The molecule has 4 nitrogen and oxygen atoms in total. The highest BCUT2D eigenvalue weighted by Crippen LogP contribution is 2.34. The minimum absolute atomic E-state index is 0.0168. The normalized spacial score (nSPS) is 14.8. The van der Waals surface area contributed by atoms with E-state index in [-0.39, 0.29) is 11.5 Å². The second-order valence-corrected chi connectivity index (χ2v) is 4.57. The Kier molecular flexibility index (Phi) is 4.55. The molecule has 1 aromatic rings. The molecule has 1 aromatic carbocycles. The second-order valence-electron chi connectivity index (χ2n) is 4.57. The summed E-state index contributed by atoms with van der Waals surface area (Å²) in [7, 11) is 0. The number of carbonyl (C=O) groups is 1. The highest BCUT2D eigenvalue weighted by atomic mass is 19.3. The van der Waals surface area contributed by atoms with Crippen LogP contribution in [0.2, 0.25) is 0 Å². The first kappa shape index (κ1) is 14.3.